The summed E-state index contributed by atoms with van der Waals surface area (Å²) in [7, 11) is -2.45. The standard InChI is InChI=1S/C27H25ClN4O4S/c1-18-8-12-23(13-9-18)37(34,35)32(25-7-5-4-6-19(25)2)17-26(33)31-29-16-21-14-20-10-11-22(36-3)15-24(20)30-27(21)28/h4-16H,17H2,1-3H3,(H,31,33)/b29-16-. The first-order chi connectivity index (χ1) is 17.7. The third-order valence-electron chi connectivity index (χ3n) is 5.68. The molecule has 3 aromatic carbocycles. The lowest BCUT2D eigenvalue weighted by Gasteiger charge is -2.25. The van der Waals surface area contributed by atoms with Gasteiger partial charge in [-0.3, -0.25) is 9.10 Å². The third-order valence-corrected chi connectivity index (χ3v) is 7.76. The fraction of sp³-hybridized carbons (Fsp3) is 0.148. The van der Waals surface area contributed by atoms with Crippen LogP contribution in [0.1, 0.15) is 16.7 Å². The van der Waals surface area contributed by atoms with Crippen molar-refractivity contribution in [2.45, 2.75) is 18.7 Å². The number of carbonyl (C=O) groups excluding carboxylic acids is 1. The molecule has 0 aliphatic carbocycles. The molecule has 0 aliphatic rings. The van der Waals surface area contributed by atoms with Gasteiger partial charge >= 0.3 is 0 Å². The van der Waals surface area contributed by atoms with Crippen molar-refractivity contribution in [3.05, 3.63) is 94.6 Å². The molecule has 4 rings (SSSR count). The minimum atomic E-state index is -4.02. The summed E-state index contributed by atoms with van der Waals surface area (Å²) in [4.78, 5) is 17.3. The van der Waals surface area contributed by atoms with E-state index in [4.69, 9.17) is 16.3 Å². The predicted octanol–water partition coefficient (Wildman–Crippen LogP) is 4.86. The molecule has 10 heteroatoms. The number of sulfonamides is 1. The van der Waals surface area contributed by atoms with Crippen LogP contribution in [0.2, 0.25) is 5.15 Å². The summed E-state index contributed by atoms with van der Waals surface area (Å²) in [5, 5.41) is 4.99. The van der Waals surface area contributed by atoms with Gasteiger partial charge in [-0.15, -0.1) is 0 Å². The van der Waals surface area contributed by atoms with E-state index < -0.39 is 22.5 Å². The van der Waals surface area contributed by atoms with Gasteiger partial charge in [-0.2, -0.15) is 5.10 Å². The summed E-state index contributed by atoms with van der Waals surface area (Å²) in [6.45, 7) is 3.18. The molecule has 1 aromatic heterocycles. The smallest absolute Gasteiger partial charge is 0.264 e. The highest BCUT2D eigenvalue weighted by Gasteiger charge is 2.28. The number of hydrogen-bond donors (Lipinski definition) is 1. The number of benzene rings is 3. The van der Waals surface area contributed by atoms with Gasteiger partial charge in [0.05, 0.1) is 29.4 Å². The molecule has 8 nitrogen and oxygen atoms in total. The molecule has 4 aromatic rings. The number of pyridine rings is 1. The molecule has 0 saturated heterocycles. The van der Waals surface area contributed by atoms with E-state index in [1.54, 1.807) is 68.6 Å². The van der Waals surface area contributed by atoms with Crippen LogP contribution in [0, 0.1) is 13.8 Å². The van der Waals surface area contributed by atoms with Crippen LogP contribution in [0.5, 0.6) is 5.75 Å². The quantitative estimate of drug-likeness (QED) is 0.197. The summed E-state index contributed by atoms with van der Waals surface area (Å²) in [6.07, 6.45) is 1.36. The van der Waals surface area contributed by atoms with Gasteiger partial charge in [-0.1, -0.05) is 47.5 Å². The Hall–Kier alpha value is -3.95. The Morgan fingerprint density at radius 1 is 1.08 bits per heavy atom. The number of para-hydroxylation sites is 1. The van der Waals surface area contributed by atoms with Crippen LogP contribution in [0.4, 0.5) is 5.69 Å². The molecule has 0 bridgehead atoms. The largest absolute Gasteiger partial charge is 0.497 e. The Balaban J connectivity index is 1.56. The molecule has 0 saturated carbocycles. The summed E-state index contributed by atoms with van der Waals surface area (Å²) >= 11 is 6.29. The van der Waals surface area contributed by atoms with Crippen molar-refractivity contribution in [1.82, 2.24) is 10.4 Å². The first kappa shape index (κ1) is 26.1. The Bertz CT molecular complexity index is 1590. The van der Waals surface area contributed by atoms with Crippen LogP contribution in [0.3, 0.4) is 0 Å². The fourth-order valence-corrected chi connectivity index (χ4v) is 5.36. The molecule has 37 heavy (non-hydrogen) atoms. The molecule has 0 spiro atoms. The monoisotopic (exact) mass is 536 g/mol. The number of aromatic nitrogens is 1. The van der Waals surface area contributed by atoms with Gasteiger partial charge in [0.15, 0.2) is 0 Å². The van der Waals surface area contributed by atoms with Crippen molar-refractivity contribution >= 4 is 50.3 Å². The van der Waals surface area contributed by atoms with E-state index in [-0.39, 0.29) is 10.0 Å². The molecule has 0 aliphatic heterocycles. The topological polar surface area (TPSA) is 101 Å². The number of methoxy groups -OCH3 is 1. The first-order valence-corrected chi connectivity index (χ1v) is 13.1. The average Bonchev–Trinajstić information content (AvgIpc) is 2.88. The molecular formula is C27H25ClN4O4S. The van der Waals surface area contributed by atoms with Crippen molar-refractivity contribution in [3.8, 4) is 5.75 Å². The Labute approximate surface area is 220 Å². The van der Waals surface area contributed by atoms with Crippen molar-refractivity contribution < 1.29 is 17.9 Å². The zero-order valence-corrected chi connectivity index (χ0v) is 22.0. The zero-order chi connectivity index (χ0) is 26.6. The molecule has 1 heterocycles. The number of amides is 1. The van der Waals surface area contributed by atoms with Crippen LogP contribution < -0.4 is 14.5 Å². The highest BCUT2D eigenvalue weighted by atomic mass is 35.5. The summed E-state index contributed by atoms with van der Waals surface area (Å²) in [5.74, 6) is 0.0355. The van der Waals surface area contributed by atoms with Crippen LogP contribution in [-0.2, 0) is 14.8 Å². The summed E-state index contributed by atoms with van der Waals surface area (Å²) in [6, 6.07) is 20.6. The SMILES string of the molecule is COc1ccc2cc(/C=N\NC(=O)CN(c3ccccc3C)S(=O)(=O)c3ccc(C)cc3)c(Cl)nc2c1. The second kappa shape index (κ2) is 11.0. The summed E-state index contributed by atoms with van der Waals surface area (Å²) in [5.41, 5.74) is 5.57. The fourth-order valence-electron chi connectivity index (χ4n) is 3.68. The predicted molar refractivity (Wildman–Crippen MR) is 146 cm³/mol. The minimum Gasteiger partial charge on any atom is -0.497 e. The molecule has 0 unspecified atom stereocenters. The highest BCUT2D eigenvalue weighted by molar-refractivity contribution is 7.92. The van der Waals surface area contributed by atoms with E-state index in [0.717, 1.165) is 15.3 Å². The normalized spacial score (nSPS) is 11.6. The molecule has 0 radical (unpaired) electrons. The lowest BCUT2D eigenvalue weighted by molar-refractivity contribution is -0.119. The second-order valence-electron chi connectivity index (χ2n) is 8.33. The number of anilines is 1. The van der Waals surface area contributed by atoms with Gasteiger partial charge in [0.2, 0.25) is 0 Å². The second-order valence-corrected chi connectivity index (χ2v) is 10.6. The van der Waals surface area contributed by atoms with Gasteiger partial charge < -0.3 is 4.74 Å². The number of carbonyl (C=O) groups is 1. The number of hydrazone groups is 1. The number of rotatable bonds is 8. The molecule has 190 valence electrons. The lowest BCUT2D eigenvalue weighted by atomic mass is 10.1. The average molecular weight is 537 g/mol. The molecule has 1 amide bonds. The van der Waals surface area contributed by atoms with Crippen LogP contribution in [0.15, 0.2) is 82.8 Å². The zero-order valence-electron chi connectivity index (χ0n) is 20.5. The van der Waals surface area contributed by atoms with Gasteiger partial charge in [-0.05, 0) is 55.8 Å². The Kier molecular flexibility index (Phi) is 7.75. The van der Waals surface area contributed by atoms with Crippen LogP contribution in [-0.4, -0.2) is 39.2 Å². The van der Waals surface area contributed by atoms with E-state index in [1.165, 1.54) is 18.3 Å². The Morgan fingerprint density at radius 2 is 1.81 bits per heavy atom. The number of fused-ring (bicyclic) bond motifs is 1. The number of aryl methyl sites for hydroxylation is 2. The maximum absolute atomic E-state index is 13.5. The van der Waals surface area contributed by atoms with Crippen molar-refractivity contribution in [3.63, 3.8) is 0 Å². The maximum atomic E-state index is 13.5. The van der Waals surface area contributed by atoms with Gasteiger partial charge in [0.25, 0.3) is 15.9 Å². The number of nitrogens with one attached hydrogen (secondary N) is 1. The van der Waals surface area contributed by atoms with Gasteiger partial charge in [-0.25, -0.2) is 18.8 Å². The maximum Gasteiger partial charge on any atom is 0.264 e. The van der Waals surface area contributed by atoms with E-state index in [9.17, 15) is 13.2 Å². The van der Waals surface area contributed by atoms with Gasteiger partial charge in [0, 0.05) is 17.0 Å². The van der Waals surface area contributed by atoms with E-state index >= 15 is 0 Å². The molecule has 0 fully saturated rings. The van der Waals surface area contributed by atoms with E-state index in [2.05, 4.69) is 15.5 Å². The molecule has 0 atom stereocenters. The number of nitrogens with zero attached hydrogens (tertiary/aromatic N) is 3. The van der Waals surface area contributed by atoms with Crippen LogP contribution in [0.25, 0.3) is 10.9 Å². The third kappa shape index (κ3) is 5.90. The van der Waals surface area contributed by atoms with Crippen molar-refractivity contribution in [2.24, 2.45) is 5.10 Å². The number of hydrogen-bond acceptors (Lipinski definition) is 6. The number of ether oxygens (including phenoxy) is 1. The van der Waals surface area contributed by atoms with Crippen molar-refractivity contribution in [1.29, 1.82) is 0 Å². The van der Waals surface area contributed by atoms with Gasteiger partial charge in [0.1, 0.15) is 17.4 Å². The Morgan fingerprint density at radius 3 is 2.51 bits per heavy atom. The minimum absolute atomic E-state index is 0.0864. The summed E-state index contributed by atoms with van der Waals surface area (Å²) < 4.78 is 33.3. The first-order valence-electron chi connectivity index (χ1n) is 11.3. The highest BCUT2D eigenvalue weighted by Crippen LogP contribution is 2.27. The molecular weight excluding hydrogens is 512 g/mol. The van der Waals surface area contributed by atoms with E-state index in [0.29, 0.717) is 28.1 Å². The molecule has 1 N–H and O–H groups in total. The van der Waals surface area contributed by atoms with E-state index in [1.807, 2.05) is 13.0 Å². The number of halogens is 1. The van der Waals surface area contributed by atoms with Crippen LogP contribution >= 0.6 is 11.6 Å². The van der Waals surface area contributed by atoms with Crippen molar-refractivity contribution in [2.75, 3.05) is 18.0 Å². The lowest BCUT2D eigenvalue weighted by Crippen LogP contribution is -2.40.